The number of H-pyrrole nitrogens is 1. The molecule has 1 aromatic heterocycles. The van der Waals surface area contributed by atoms with Crippen LogP contribution in [0.2, 0.25) is 0 Å². The maximum absolute atomic E-state index is 11.3. The van der Waals surface area contributed by atoms with Crippen LogP contribution in [0.5, 0.6) is 0 Å². The normalized spacial score (nSPS) is 13.3. The van der Waals surface area contributed by atoms with Crippen LogP contribution in [-0.4, -0.2) is 61.5 Å². The van der Waals surface area contributed by atoms with Crippen molar-refractivity contribution in [1.29, 1.82) is 0 Å². The molecule has 0 saturated carbocycles. The van der Waals surface area contributed by atoms with E-state index in [0.717, 1.165) is 4.43 Å². The molecule has 8 heteroatoms. The highest BCUT2D eigenvalue weighted by Crippen LogP contribution is 2.21. The Kier molecular flexibility index (Phi) is 7.41. The molecule has 114 valence electrons. The Morgan fingerprint density at radius 3 is 2.65 bits per heavy atom. The van der Waals surface area contributed by atoms with Gasteiger partial charge < -0.3 is 25.6 Å². The van der Waals surface area contributed by atoms with Crippen LogP contribution in [0.25, 0.3) is 0 Å². The fourth-order valence-corrected chi connectivity index (χ4v) is 2.95. The van der Waals surface area contributed by atoms with Crippen LogP contribution in [0.1, 0.15) is 12.1 Å². The van der Waals surface area contributed by atoms with E-state index in [-0.39, 0.29) is 26.2 Å². The maximum Gasteiger partial charge on any atom is 0.321 e. The van der Waals surface area contributed by atoms with E-state index in [0.29, 0.717) is 12.1 Å². The van der Waals surface area contributed by atoms with Crippen LogP contribution < -0.4 is 5.32 Å². The minimum absolute atomic E-state index is 0.186. The molecule has 20 heavy (non-hydrogen) atoms. The molecule has 1 heterocycles. The van der Waals surface area contributed by atoms with Crippen molar-refractivity contribution in [2.75, 3.05) is 24.2 Å². The van der Waals surface area contributed by atoms with E-state index in [4.69, 9.17) is 0 Å². The molecule has 0 amide bonds. The molecule has 0 aliphatic carbocycles. The number of aliphatic hydroxyl groups is 2. The minimum atomic E-state index is -0.979. The second-order valence-corrected chi connectivity index (χ2v) is 5.87. The molecule has 7 nitrogen and oxygen atoms in total. The van der Waals surface area contributed by atoms with Gasteiger partial charge in [-0.05, 0) is 6.42 Å². The largest absolute Gasteiger partial charge is 0.480 e. The first kappa shape index (κ1) is 17.3. The van der Waals surface area contributed by atoms with Gasteiger partial charge in [-0.15, -0.1) is 0 Å². The van der Waals surface area contributed by atoms with Crippen LogP contribution in [0.3, 0.4) is 0 Å². The molecule has 1 rings (SSSR count). The number of imidazole rings is 1. The summed E-state index contributed by atoms with van der Waals surface area (Å²) in [5.74, 6) is -0.979. The summed E-state index contributed by atoms with van der Waals surface area (Å²) in [6.45, 7) is -0.132. The number of carbonyl (C=O) groups is 1. The third-order valence-corrected chi connectivity index (χ3v) is 3.82. The molecule has 0 bridgehead atoms. The van der Waals surface area contributed by atoms with Gasteiger partial charge in [0.25, 0.3) is 0 Å². The lowest BCUT2D eigenvalue weighted by Crippen LogP contribution is -2.48. The SMILES string of the molecule is O=C(O)[C@H](Cc1c[nH]cn1)NCC(CO)(CO)CCI. The zero-order valence-corrected chi connectivity index (χ0v) is 13.2. The van der Waals surface area contributed by atoms with Gasteiger partial charge in [0.1, 0.15) is 6.04 Å². The number of hydrogen-bond acceptors (Lipinski definition) is 5. The van der Waals surface area contributed by atoms with Crippen LogP contribution >= 0.6 is 22.6 Å². The number of aliphatic carboxylic acids is 1. The Labute approximate surface area is 131 Å². The Balaban J connectivity index is 2.63. The number of hydrogen-bond donors (Lipinski definition) is 5. The monoisotopic (exact) mass is 397 g/mol. The fraction of sp³-hybridized carbons (Fsp3) is 0.667. The highest BCUT2D eigenvalue weighted by atomic mass is 127. The van der Waals surface area contributed by atoms with Crippen molar-refractivity contribution >= 4 is 28.6 Å². The molecule has 0 radical (unpaired) electrons. The van der Waals surface area contributed by atoms with E-state index in [9.17, 15) is 20.1 Å². The lowest BCUT2D eigenvalue weighted by Gasteiger charge is -2.30. The van der Waals surface area contributed by atoms with E-state index in [1.807, 2.05) is 0 Å². The third-order valence-electron chi connectivity index (χ3n) is 3.29. The Morgan fingerprint density at radius 2 is 2.20 bits per heavy atom. The van der Waals surface area contributed by atoms with Gasteiger partial charge in [-0.2, -0.15) is 0 Å². The van der Waals surface area contributed by atoms with Gasteiger partial charge in [0.2, 0.25) is 0 Å². The van der Waals surface area contributed by atoms with Crippen molar-refractivity contribution in [3.8, 4) is 0 Å². The van der Waals surface area contributed by atoms with Crippen molar-refractivity contribution in [2.45, 2.75) is 18.9 Å². The molecule has 0 unspecified atom stereocenters. The molecular weight excluding hydrogens is 377 g/mol. The topological polar surface area (TPSA) is 118 Å². The van der Waals surface area contributed by atoms with Gasteiger partial charge in [-0.3, -0.25) is 4.79 Å². The molecule has 0 aliphatic heterocycles. The van der Waals surface area contributed by atoms with Gasteiger partial charge in [0.15, 0.2) is 0 Å². The Morgan fingerprint density at radius 1 is 1.50 bits per heavy atom. The van der Waals surface area contributed by atoms with Crippen molar-refractivity contribution < 1.29 is 20.1 Å². The lowest BCUT2D eigenvalue weighted by atomic mass is 9.86. The standard InChI is InChI=1S/C12H20IN3O4/c13-2-1-12(6-17,7-18)5-15-10(11(19)20)3-9-4-14-8-16-9/h4,8,10,15,17-18H,1-3,5-7H2,(H,14,16)(H,19,20)/t10-/m0/s1. The summed E-state index contributed by atoms with van der Waals surface area (Å²) < 4.78 is 0.775. The summed E-state index contributed by atoms with van der Waals surface area (Å²) in [5, 5.41) is 31.0. The zero-order valence-electron chi connectivity index (χ0n) is 11.0. The van der Waals surface area contributed by atoms with E-state index < -0.39 is 17.4 Å². The van der Waals surface area contributed by atoms with Gasteiger partial charge in [0, 0.05) is 29.0 Å². The van der Waals surface area contributed by atoms with Gasteiger partial charge >= 0.3 is 5.97 Å². The zero-order chi connectivity index (χ0) is 15.0. The predicted molar refractivity (Wildman–Crippen MR) is 81.8 cm³/mol. The molecule has 0 fully saturated rings. The van der Waals surface area contributed by atoms with Gasteiger partial charge in [0.05, 0.1) is 25.2 Å². The summed E-state index contributed by atoms with van der Waals surface area (Å²) in [6, 6.07) is -0.801. The van der Waals surface area contributed by atoms with E-state index in [2.05, 4.69) is 37.9 Å². The third kappa shape index (κ3) is 5.00. The number of aromatic amines is 1. The van der Waals surface area contributed by atoms with Crippen molar-refractivity contribution in [1.82, 2.24) is 15.3 Å². The van der Waals surface area contributed by atoms with E-state index in [1.54, 1.807) is 6.20 Å². The number of aromatic nitrogens is 2. The average Bonchev–Trinajstić information content (AvgIpc) is 2.94. The quantitative estimate of drug-likeness (QED) is 0.276. The maximum atomic E-state index is 11.3. The summed E-state index contributed by atoms with van der Waals surface area (Å²) in [5.41, 5.74) is -0.0436. The molecule has 1 aromatic rings. The first-order valence-corrected chi connectivity index (χ1v) is 7.81. The predicted octanol–water partition coefficient (Wildman–Crippen LogP) is -0.209. The molecule has 5 N–H and O–H groups in total. The number of rotatable bonds is 10. The Hall–Kier alpha value is -0.710. The Bertz CT molecular complexity index is 395. The van der Waals surface area contributed by atoms with Crippen LogP contribution in [0, 0.1) is 5.41 Å². The van der Waals surface area contributed by atoms with Crippen molar-refractivity contribution in [3.63, 3.8) is 0 Å². The molecule has 0 aromatic carbocycles. The summed E-state index contributed by atoms with van der Waals surface area (Å²) in [7, 11) is 0. The van der Waals surface area contributed by atoms with Crippen LogP contribution in [0.4, 0.5) is 0 Å². The number of halogens is 1. The van der Waals surface area contributed by atoms with Crippen molar-refractivity contribution in [3.05, 3.63) is 18.2 Å². The molecule has 0 saturated heterocycles. The summed E-state index contributed by atoms with van der Waals surface area (Å²) >= 11 is 2.17. The number of carboxylic acid groups (broad SMARTS) is 1. The van der Waals surface area contributed by atoms with Crippen LogP contribution in [0.15, 0.2) is 12.5 Å². The van der Waals surface area contributed by atoms with Gasteiger partial charge in [-0.1, -0.05) is 22.6 Å². The molecule has 1 atom stereocenters. The second kappa shape index (κ2) is 8.55. The molecule has 0 aliphatic rings. The number of nitrogens with one attached hydrogen (secondary N) is 2. The van der Waals surface area contributed by atoms with Crippen LogP contribution in [-0.2, 0) is 11.2 Å². The second-order valence-electron chi connectivity index (χ2n) is 4.79. The first-order valence-electron chi connectivity index (χ1n) is 6.28. The highest BCUT2D eigenvalue weighted by molar-refractivity contribution is 14.1. The minimum Gasteiger partial charge on any atom is -0.480 e. The molecule has 0 spiro atoms. The summed E-state index contributed by atoms with van der Waals surface area (Å²) in [6.07, 6.45) is 4.00. The number of nitrogens with zero attached hydrogens (tertiary/aromatic N) is 1. The average molecular weight is 397 g/mol. The smallest absolute Gasteiger partial charge is 0.321 e. The number of aliphatic hydroxyl groups excluding tert-OH is 2. The number of carboxylic acids is 1. The fourth-order valence-electron chi connectivity index (χ4n) is 1.81. The highest BCUT2D eigenvalue weighted by Gasteiger charge is 2.30. The van der Waals surface area contributed by atoms with Gasteiger partial charge in [-0.25, -0.2) is 4.98 Å². The van der Waals surface area contributed by atoms with E-state index >= 15 is 0 Å². The summed E-state index contributed by atoms with van der Waals surface area (Å²) in [4.78, 5) is 18.0. The molecular formula is C12H20IN3O4. The lowest BCUT2D eigenvalue weighted by molar-refractivity contribution is -0.139. The number of alkyl halides is 1. The van der Waals surface area contributed by atoms with Crippen molar-refractivity contribution in [2.24, 2.45) is 5.41 Å². The van der Waals surface area contributed by atoms with E-state index in [1.165, 1.54) is 6.33 Å². The first-order chi connectivity index (χ1) is 9.56.